The van der Waals surface area contributed by atoms with Crippen LogP contribution < -0.4 is 0 Å². The van der Waals surface area contributed by atoms with Gasteiger partial charge in [0, 0.05) is 137 Å². The summed E-state index contributed by atoms with van der Waals surface area (Å²) in [5, 5.41) is 39.0. The van der Waals surface area contributed by atoms with Crippen LogP contribution in [-0.4, -0.2) is 18.3 Å². The quantitative estimate of drug-likeness (QED) is 0.166. The van der Waals surface area contributed by atoms with E-state index in [1.54, 1.807) is 0 Å². The van der Waals surface area contributed by atoms with Crippen molar-refractivity contribution in [3.05, 3.63) is 338 Å². The largest absolute Gasteiger partial charge is 0.456 e. The predicted octanol–water partition coefficient (Wildman–Crippen LogP) is 28.5. The number of aryl methyl sites for hydroxylation is 2. The van der Waals surface area contributed by atoms with E-state index in [0.29, 0.717) is 11.1 Å². The lowest BCUT2D eigenvalue weighted by atomic mass is 10.0. The highest BCUT2D eigenvalue weighted by atomic mass is 32.1. The van der Waals surface area contributed by atoms with Crippen LogP contribution >= 0.6 is 34.0 Å². The van der Waals surface area contributed by atoms with Crippen molar-refractivity contribution >= 4 is 204 Å². The molecule has 24 rings (SSSR count). The zero-order valence-electron chi connectivity index (χ0n) is 59.3. The van der Waals surface area contributed by atoms with Gasteiger partial charge in [-0.25, -0.2) is 0 Å². The van der Waals surface area contributed by atoms with Crippen LogP contribution in [0.5, 0.6) is 0 Å². The lowest BCUT2D eigenvalue weighted by molar-refractivity contribution is 0.669. The number of para-hydroxylation sites is 4. The van der Waals surface area contributed by atoms with Crippen LogP contribution in [-0.2, 0) is 0 Å². The Morgan fingerprint density at radius 1 is 0.227 bits per heavy atom. The lowest BCUT2D eigenvalue weighted by Gasteiger charge is -2.09. The number of furan rings is 1. The molecule has 0 aliphatic rings. The molecule has 0 fully saturated rings. The predicted molar refractivity (Wildman–Crippen MR) is 466 cm³/mol. The number of rotatable bonds is 6. The summed E-state index contributed by atoms with van der Waals surface area (Å²) in [6, 6.07) is 119. The van der Waals surface area contributed by atoms with Crippen molar-refractivity contribution in [2.75, 3.05) is 0 Å². The summed E-state index contributed by atoms with van der Waals surface area (Å²) in [5.41, 5.74) is 24.0. The summed E-state index contributed by atoms with van der Waals surface area (Å²) in [6.07, 6.45) is 0. The Morgan fingerprint density at radius 2 is 0.518 bits per heavy atom. The van der Waals surface area contributed by atoms with Gasteiger partial charge in [0.1, 0.15) is 11.2 Å². The monoisotopic (exact) mass is 1450 g/mol. The number of hydrogen-bond donors (Lipinski definition) is 0. The highest BCUT2D eigenvalue weighted by Gasteiger charge is 2.22. The first-order valence-corrected chi connectivity index (χ1v) is 39.4. The second kappa shape index (κ2) is 23.8. The Balaban J connectivity index is 0.000000132. The minimum Gasteiger partial charge on any atom is -0.456 e. The third-order valence-corrected chi connectivity index (χ3v) is 26.2. The molecule has 110 heavy (non-hydrogen) atoms. The molecule has 24 aromatic rings. The zero-order valence-corrected chi connectivity index (χ0v) is 61.8. The van der Waals surface area contributed by atoms with Gasteiger partial charge in [-0.05, 0) is 230 Å². The van der Waals surface area contributed by atoms with E-state index in [0.717, 1.165) is 77.4 Å². The SMILES string of the molecule is Cc1ccc2c(c1)c1ccccc1n2-c1ccc2oc3ccc(-c4ccc5sc6ccc(-n7c8ccccc8c8ccc(C#N)cc87)cc6c5c4)cc3c2c1.Cc1ccc2c3ccccc3n(-c3ccc4sc5ccc(-c6ccc7sc8ccc(-n9c%10ccccc%10c%10ccc(C#N)cc%109)cc8c7c6)cc5c4c3)c2c1. The Hall–Kier alpha value is -13.8. The number of nitrogens with zero attached hydrogens (tertiary/aromatic N) is 6. The second-order valence-corrected chi connectivity index (χ2v) is 32.4. The van der Waals surface area contributed by atoms with Crippen molar-refractivity contribution in [3.63, 3.8) is 0 Å². The first-order chi connectivity index (χ1) is 54.2. The van der Waals surface area contributed by atoms with E-state index in [2.05, 4.69) is 335 Å². The molecule has 10 heteroatoms. The van der Waals surface area contributed by atoms with E-state index < -0.39 is 0 Å². The fraction of sp³-hybridized carbons (Fsp3) is 0.0200. The molecule has 0 atom stereocenters. The molecular formula is C100H58N6OS3. The smallest absolute Gasteiger partial charge is 0.135 e. The lowest BCUT2D eigenvalue weighted by Crippen LogP contribution is -1.93. The number of aromatic nitrogens is 4. The minimum absolute atomic E-state index is 0.656. The summed E-state index contributed by atoms with van der Waals surface area (Å²) >= 11 is 5.53. The van der Waals surface area contributed by atoms with Gasteiger partial charge in [0.15, 0.2) is 0 Å². The van der Waals surface area contributed by atoms with E-state index in [-0.39, 0.29) is 0 Å². The van der Waals surface area contributed by atoms with Gasteiger partial charge in [-0.3, -0.25) is 0 Å². The number of nitriles is 2. The van der Waals surface area contributed by atoms with Crippen LogP contribution in [0.2, 0.25) is 0 Å². The Kier molecular flexibility index (Phi) is 13.5. The molecule has 0 bridgehead atoms. The third kappa shape index (κ3) is 9.44. The van der Waals surface area contributed by atoms with Crippen molar-refractivity contribution in [3.8, 4) is 57.1 Å². The average Bonchev–Trinajstić information content (AvgIpc) is 1.59. The molecule has 0 unspecified atom stereocenters. The summed E-state index contributed by atoms with van der Waals surface area (Å²) in [7, 11) is 0. The second-order valence-electron chi connectivity index (χ2n) is 29.1. The van der Waals surface area contributed by atoms with Crippen molar-refractivity contribution in [2.45, 2.75) is 13.8 Å². The van der Waals surface area contributed by atoms with E-state index in [4.69, 9.17) is 4.42 Å². The maximum absolute atomic E-state index is 9.75. The van der Waals surface area contributed by atoms with Crippen molar-refractivity contribution < 1.29 is 4.42 Å². The number of thiophene rings is 3. The number of hydrogen-bond acceptors (Lipinski definition) is 6. The average molecular weight is 1460 g/mol. The van der Waals surface area contributed by atoms with Gasteiger partial charge >= 0.3 is 0 Å². The van der Waals surface area contributed by atoms with Gasteiger partial charge in [-0.2, -0.15) is 10.5 Å². The molecule has 8 heterocycles. The van der Waals surface area contributed by atoms with Gasteiger partial charge in [0.25, 0.3) is 0 Å². The van der Waals surface area contributed by atoms with Crippen LogP contribution in [0.15, 0.2) is 320 Å². The molecular weight excluding hydrogens is 1400 g/mol. The normalized spacial score (nSPS) is 12.1. The molecule has 7 nitrogen and oxygen atoms in total. The van der Waals surface area contributed by atoms with Gasteiger partial charge in [-0.15, -0.1) is 34.0 Å². The molecule has 0 aliphatic heterocycles. The summed E-state index contributed by atoms with van der Waals surface area (Å²) in [5.74, 6) is 0. The molecule has 0 spiro atoms. The highest BCUT2D eigenvalue weighted by molar-refractivity contribution is 7.26. The molecule has 8 aromatic heterocycles. The van der Waals surface area contributed by atoms with E-state index in [1.165, 1.54) is 148 Å². The molecule has 512 valence electrons. The number of benzene rings is 16. The summed E-state index contributed by atoms with van der Waals surface area (Å²) < 4.78 is 23.5. The number of fused-ring (bicyclic) bond motifs is 24. The van der Waals surface area contributed by atoms with Gasteiger partial charge < -0.3 is 22.7 Å². The Morgan fingerprint density at radius 3 is 0.955 bits per heavy atom. The zero-order chi connectivity index (χ0) is 72.7. The fourth-order valence-corrected chi connectivity index (χ4v) is 20.9. The van der Waals surface area contributed by atoms with Crippen LogP contribution in [0.1, 0.15) is 22.3 Å². The summed E-state index contributed by atoms with van der Waals surface area (Å²) in [4.78, 5) is 0. The minimum atomic E-state index is 0.656. The van der Waals surface area contributed by atoms with Crippen molar-refractivity contribution in [1.29, 1.82) is 10.5 Å². The van der Waals surface area contributed by atoms with Crippen LogP contribution in [0, 0.1) is 36.5 Å². The maximum atomic E-state index is 9.75. The molecule has 0 N–H and O–H groups in total. The van der Waals surface area contributed by atoms with Crippen LogP contribution in [0.25, 0.3) is 215 Å². The van der Waals surface area contributed by atoms with Crippen molar-refractivity contribution in [2.24, 2.45) is 0 Å². The van der Waals surface area contributed by atoms with Crippen LogP contribution in [0.3, 0.4) is 0 Å². The molecule has 0 amide bonds. The first kappa shape index (κ1) is 62.4. The third-order valence-electron chi connectivity index (χ3n) is 22.8. The van der Waals surface area contributed by atoms with E-state index in [9.17, 15) is 10.5 Å². The van der Waals surface area contributed by atoms with Gasteiger partial charge in [-0.1, -0.05) is 133 Å². The molecule has 0 saturated carbocycles. The topological polar surface area (TPSA) is 80.4 Å². The van der Waals surface area contributed by atoms with E-state index >= 15 is 0 Å². The van der Waals surface area contributed by atoms with E-state index in [1.807, 2.05) is 58.3 Å². The molecule has 0 radical (unpaired) electrons. The Labute approximate surface area is 640 Å². The highest BCUT2D eigenvalue weighted by Crippen LogP contribution is 2.46. The molecule has 16 aromatic carbocycles. The maximum Gasteiger partial charge on any atom is 0.135 e. The van der Waals surface area contributed by atoms with Gasteiger partial charge in [0.05, 0.1) is 67.4 Å². The fourth-order valence-electron chi connectivity index (χ4n) is 17.7. The standard InChI is InChI=1S/C50H29N3OS.C50H29N3S2/c1-29-10-17-45-38(22-29)36-7-3-5-9-44(36)52(45)33-14-19-48-40(26-33)39-24-31(12-18-47(39)54-48)32-13-20-49-41(25-32)42-27-34(15-21-50(42)55-49)53-43-8-4-2-6-35(43)37-16-11-30(28-51)23-46(37)53;1-29-10-16-37-35-6-2-4-8-43(35)52(45(37)22-29)33-14-20-49-41(26-33)39-24-31(12-18-47(39)54-49)32-13-19-48-40(25-32)42-27-34(15-21-50(42)55-48)53-44-9-5-3-7-36(44)38-17-11-30(28-51)23-46(38)53/h2*2-27H,1H3. The van der Waals surface area contributed by atoms with Gasteiger partial charge in [0.2, 0.25) is 0 Å². The molecule has 0 aliphatic carbocycles. The first-order valence-electron chi connectivity index (χ1n) is 36.9. The van der Waals surface area contributed by atoms with Crippen molar-refractivity contribution in [1.82, 2.24) is 18.3 Å². The summed E-state index contributed by atoms with van der Waals surface area (Å²) in [6.45, 7) is 4.33. The van der Waals surface area contributed by atoms with Crippen LogP contribution in [0.4, 0.5) is 0 Å². The molecule has 0 saturated heterocycles. The Bertz CT molecular complexity index is 8240.